The second-order valence-corrected chi connectivity index (χ2v) is 11.4. The van der Waals surface area contributed by atoms with Gasteiger partial charge in [0.25, 0.3) is 15.9 Å². The number of ether oxygens (including phenoxy) is 1. The Balaban J connectivity index is 1.33. The number of nitrogens with zero attached hydrogens (tertiary/aromatic N) is 3. The number of hydrogen-bond donors (Lipinski definition) is 2. The molecule has 0 bridgehead atoms. The molecule has 0 fully saturated rings. The molecule has 0 unspecified atom stereocenters. The second-order valence-electron chi connectivity index (χ2n) is 7.90. The van der Waals surface area contributed by atoms with Gasteiger partial charge in [-0.1, -0.05) is 46.7 Å². The molecule has 0 atom stereocenters. The third-order valence-corrected chi connectivity index (χ3v) is 8.06. The third kappa shape index (κ3) is 6.35. The van der Waals surface area contributed by atoms with Crippen LogP contribution in [0.5, 0.6) is 11.5 Å². The van der Waals surface area contributed by atoms with Crippen LogP contribution in [0, 0.1) is 0 Å². The lowest BCUT2D eigenvalue weighted by molar-refractivity contribution is 0.102. The summed E-state index contributed by atoms with van der Waals surface area (Å²) in [5.41, 5.74) is 0.833. The Bertz CT molecular complexity index is 1750. The number of nitrogens with one attached hydrogen (secondary N) is 2. The molecule has 3 aromatic carbocycles. The monoisotopic (exact) mass is 597 g/mol. The standard InChI is InChI=1S/C26H17Cl2N5O4S2/c27-17-5-10-22(20(15-17)24(34)30-26-32-31-25(38-26)16-11-13-29-14-12-16)33-39(35,36)19-8-6-18(7-9-19)37-23-4-2-1-3-21(23)28/h1-15,33H,(H,30,32,34). The Morgan fingerprint density at radius 1 is 0.897 bits per heavy atom. The Hall–Kier alpha value is -4.03. The molecule has 9 nitrogen and oxygen atoms in total. The van der Waals surface area contributed by atoms with Gasteiger partial charge in [-0.05, 0) is 66.7 Å². The Kier molecular flexibility index (Phi) is 7.75. The fourth-order valence-electron chi connectivity index (χ4n) is 3.39. The van der Waals surface area contributed by atoms with Crippen molar-refractivity contribution in [3.63, 3.8) is 0 Å². The molecule has 0 spiro atoms. The zero-order valence-corrected chi connectivity index (χ0v) is 22.9. The number of aromatic nitrogens is 3. The molecule has 2 aromatic heterocycles. The first-order chi connectivity index (χ1) is 18.8. The summed E-state index contributed by atoms with van der Waals surface area (Å²) in [6.45, 7) is 0. The molecule has 0 radical (unpaired) electrons. The van der Waals surface area contributed by atoms with Gasteiger partial charge in [0.15, 0.2) is 0 Å². The van der Waals surface area contributed by atoms with Crippen molar-refractivity contribution in [2.75, 3.05) is 10.0 Å². The smallest absolute Gasteiger partial charge is 0.261 e. The van der Waals surface area contributed by atoms with Crippen molar-refractivity contribution in [3.8, 4) is 22.1 Å². The normalized spacial score (nSPS) is 11.1. The summed E-state index contributed by atoms with van der Waals surface area (Å²) in [7, 11) is -4.07. The number of rotatable bonds is 8. The minimum Gasteiger partial charge on any atom is -0.456 e. The lowest BCUT2D eigenvalue weighted by Gasteiger charge is -2.13. The molecule has 0 saturated heterocycles. The molecule has 196 valence electrons. The van der Waals surface area contributed by atoms with Crippen molar-refractivity contribution in [1.82, 2.24) is 15.2 Å². The van der Waals surface area contributed by atoms with Crippen molar-refractivity contribution >= 4 is 61.3 Å². The van der Waals surface area contributed by atoms with Crippen molar-refractivity contribution in [2.24, 2.45) is 0 Å². The molecule has 1 amide bonds. The summed E-state index contributed by atoms with van der Waals surface area (Å²) >= 11 is 13.4. The summed E-state index contributed by atoms with van der Waals surface area (Å²) in [6, 6.07) is 20.5. The van der Waals surface area contributed by atoms with E-state index < -0.39 is 15.9 Å². The number of halogens is 2. The predicted molar refractivity (Wildman–Crippen MR) is 151 cm³/mol. The first kappa shape index (κ1) is 26.6. The summed E-state index contributed by atoms with van der Waals surface area (Å²) in [6.07, 6.45) is 3.25. The molecule has 0 aliphatic heterocycles. The van der Waals surface area contributed by atoms with Crippen LogP contribution in [-0.4, -0.2) is 29.5 Å². The highest BCUT2D eigenvalue weighted by atomic mass is 35.5. The van der Waals surface area contributed by atoms with Gasteiger partial charge < -0.3 is 4.74 Å². The molecule has 39 heavy (non-hydrogen) atoms. The van der Waals surface area contributed by atoms with E-state index in [4.69, 9.17) is 27.9 Å². The summed E-state index contributed by atoms with van der Waals surface area (Å²) in [4.78, 5) is 17.0. The van der Waals surface area contributed by atoms with E-state index in [2.05, 4.69) is 25.2 Å². The SMILES string of the molecule is O=C(Nc1nnc(-c2ccncc2)s1)c1cc(Cl)ccc1NS(=O)(=O)c1ccc(Oc2ccccc2Cl)cc1. The summed E-state index contributed by atoms with van der Waals surface area (Å²) < 4.78 is 34.5. The van der Waals surface area contributed by atoms with Crippen LogP contribution in [-0.2, 0) is 10.0 Å². The lowest BCUT2D eigenvalue weighted by Crippen LogP contribution is -2.18. The van der Waals surface area contributed by atoms with Gasteiger partial charge in [0.2, 0.25) is 5.13 Å². The maximum absolute atomic E-state index is 13.1. The topological polar surface area (TPSA) is 123 Å². The molecular formula is C26H17Cl2N5O4S2. The zero-order chi connectivity index (χ0) is 27.4. The predicted octanol–water partition coefficient (Wildman–Crippen LogP) is 6.75. The van der Waals surface area contributed by atoms with E-state index in [0.29, 0.717) is 21.5 Å². The fraction of sp³-hybridized carbons (Fsp3) is 0. The molecule has 2 heterocycles. The quantitative estimate of drug-likeness (QED) is 0.203. The largest absolute Gasteiger partial charge is 0.456 e. The Morgan fingerprint density at radius 2 is 1.64 bits per heavy atom. The van der Waals surface area contributed by atoms with Gasteiger partial charge in [-0.2, -0.15) is 0 Å². The van der Waals surface area contributed by atoms with Gasteiger partial charge in [-0.3, -0.25) is 19.8 Å². The van der Waals surface area contributed by atoms with Crippen LogP contribution in [0.4, 0.5) is 10.8 Å². The van der Waals surface area contributed by atoms with Crippen LogP contribution in [0.1, 0.15) is 10.4 Å². The highest BCUT2D eigenvalue weighted by molar-refractivity contribution is 7.92. The maximum Gasteiger partial charge on any atom is 0.261 e. The van der Waals surface area contributed by atoms with Gasteiger partial charge in [-0.15, -0.1) is 10.2 Å². The van der Waals surface area contributed by atoms with Gasteiger partial charge >= 0.3 is 0 Å². The van der Waals surface area contributed by atoms with E-state index in [1.165, 1.54) is 42.5 Å². The van der Waals surface area contributed by atoms with Gasteiger partial charge in [0.05, 0.1) is 21.2 Å². The van der Waals surface area contributed by atoms with E-state index in [1.807, 2.05) is 0 Å². The van der Waals surface area contributed by atoms with Crippen LogP contribution in [0.25, 0.3) is 10.6 Å². The number of anilines is 2. The van der Waals surface area contributed by atoms with Crippen LogP contribution in [0.3, 0.4) is 0 Å². The van der Waals surface area contributed by atoms with Crippen LogP contribution in [0.15, 0.2) is 96.2 Å². The summed E-state index contributed by atoms with van der Waals surface area (Å²) in [5.74, 6) is 0.223. The van der Waals surface area contributed by atoms with E-state index in [9.17, 15) is 13.2 Å². The first-order valence-electron chi connectivity index (χ1n) is 11.2. The highest BCUT2D eigenvalue weighted by Crippen LogP contribution is 2.31. The van der Waals surface area contributed by atoms with Crippen molar-refractivity contribution < 1.29 is 17.9 Å². The van der Waals surface area contributed by atoms with Crippen molar-refractivity contribution in [1.29, 1.82) is 0 Å². The number of carbonyl (C=O) groups is 1. The number of para-hydroxylation sites is 1. The van der Waals surface area contributed by atoms with Crippen LogP contribution >= 0.6 is 34.5 Å². The van der Waals surface area contributed by atoms with Crippen molar-refractivity contribution in [3.05, 3.63) is 107 Å². The van der Waals surface area contributed by atoms with Crippen molar-refractivity contribution in [2.45, 2.75) is 4.90 Å². The Morgan fingerprint density at radius 3 is 2.38 bits per heavy atom. The minimum atomic E-state index is -4.07. The number of hydrogen-bond acceptors (Lipinski definition) is 8. The molecule has 0 aliphatic carbocycles. The lowest BCUT2D eigenvalue weighted by atomic mass is 10.1. The maximum atomic E-state index is 13.1. The number of sulfonamides is 1. The molecule has 13 heteroatoms. The number of benzene rings is 3. The Labute approximate surface area is 237 Å². The fourth-order valence-corrected chi connectivity index (χ4v) is 5.56. The highest BCUT2D eigenvalue weighted by Gasteiger charge is 2.21. The molecule has 0 aliphatic rings. The average molecular weight is 598 g/mol. The van der Waals surface area contributed by atoms with E-state index in [0.717, 1.165) is 16.9 Å². The molecular weight excluding hydrogens is 581 g/mol. The minimum absolute atomic E-state index is 0.00501. The number of carbonyl (C=O) groups excluding carboxylic acids is 1. The van der Waals surface area contributed by atoms with Gasteiger partial charge in [0, 0.05) is 23.0 Å². The average Bonchev–Trinajstić information content (AvgIpc) is 3.40. The molecule has 2 N–H and O–H groups in total. The van der Waals surface area contributed by atoms with E-state index in [-0.39, 0.29) is 26.3 Å². The second kappa shape index (κ2) is 11.4. The number of pyridine rings is 1. The molecule has 0 saturated carbocycles. The van der Waals surface area contributed by atoms with E-state index in [1.54, 1.807) is 48.8 Å². The van der Waals surface area contributed by atoms with E-state index >= 15 is 0 Å². The van der Waals surface area contributed by atoms with Crippen LogP contribution < -0.4 is 14.8 Å². The number of amides is 1. The first-order valence-corrected chi connectivity index (χ1v) is 14.2. The molecule has 5 rings (SSSR count). The summed E-state index contributed by atoms with van der Waals surface area (Å²) in [5, 5.41) is 12.2. The van der Waals surface area contributed by atoms with Crippen LogP contribution in [0.2, 0.25) is 10.0 Å². The third-order valence-electron chi connectivity index (χ3n) is 5.24. The molecule has 5 aromatic rings. The zero-order valence-electron chi connectivity index (χ0n) is 19.7. The van der Waals surface area contributed by atoms with Gasteiger partial charge in [-0.25, -0.2) is 8.42 Å². The van der Waals surface area contributed by atoms with Gasteiger partial charge in [0.1, 0.15) is 16.5 Å².